The molecule has 6 heteroatoms. The van der Waals surface area contributed by atoms with Crippen LogP contribution in [0.1, 0.15) is 36.5 Å². The lowest BCUT2D eigenvalue weighted by molar-refractivity contribution is 0.0742. The molecule has 1 aromatic heterocycles. The molecule has 1 aliphatic rings. The molecule has 1 aromatic rings. The normalized spacial score (nSPS) is 13.7. The number of carbonyl (C=O) groups is 1. The lowest BCUT2D eigenvalue weighted by Crippen LogP contribution is -2.34. The van der Waals surface area contributed by atoms with Gasteiger partial charge in [0.25, 0.3) is 5.91 Å². The molecule has 0 aliphatic heterocycles. The number of nitrogens with one attached hydrogen (secondary N) is 1. The first-order valence-corrected chi connectivity index (χ1v) is 6.75. The molecule has 0 atom stereocenters. The quantitative estimate of drug-likeness (QED) is 0.864. The van der Waals surface area contributed by atoms with Gasteiger partial charge in [0.2, 0.25) is 0 Å². The summed E-state index contributed by atoms with van der Waals surface area (Å²) in [4.78, 5) is 17.9. The molecule has 106 valence electrons. The Hall–Kier alpha value is -2.16. The fraction of sp³-hybridized carbons (Fsp3) is 0.500. The van der Waals surface area contributed by atoms with Gasteiger partial charge in [-0.05, 0) is 25.8 Å². The van der Waals surface area contributed by atoms with Crippen molar-refractivity contribution in [2.24, 2.45) is 0 Å². The zero-order valence-corrected chi connectivity index (χ0v) is 11.4. The molecule has 1 N–H and O–H groups in total. The summed E-state index contributed by atoms with van der Waals surface area (Å²) >= 11 is 0. The molecule has 0 unspecified atom stereocenters. The van der Waals surface area contributed by atoms with E-state index in [1.54, 1.807) is 4.90 Å². The minimum atomic E-state index is -0.623. The lowest BCUT2D eigenvalue weighted by atomic mass is 10.2. The number of nitrogens with zero attached hydrogens (tertiary/aromatic N) is 3. The van der Waals surface area contributed by atoms with E-state index in [0.717, 1.165) is 12.8 Å². The number of amides is 1. The topological polar surface area (TPSA) is 69.0 Å². The summed E-state index contributed by atoms with van der Waals surface area (Å²) in [5.41, 5.74) is 0.0146. The van der Waals surface area contributed by atoms with Crippen molar-refractivity contribution in [2.45, 2.75) is 32.2 Å². The van der Waals surface area contributed by atoms with Crippen LogP contribution in [0.25, 0.3) is 0 Å². The number of halogens is 1. The Morgan fingerprint density at radius 2 is 2.40 bits per heavy atom. The number of pyridine rings is 1. The summed E-state index contributed by atoms with van der Waals surface area (Å²) in [6, 6.07) is 3.55. The van der Waals surface area contributed by atoms with Crippen LogP contribution in [0.5, 0.6) is 0 Å². The summed E-state index contributed by atoms with van der Waals surface area (Å²) in [5.74, 6) is -0.891. The highest BCUT2D eigenvalue weighted by Crippen LogP contribution is 2.29. The molecule has 0 saturated heterocycles. The minimum absolute atomic E-state index is 0.0146. The van der Waals surface area contributed by atoms with Crippen LogP contribution >= 0.6 is 0 Å². The first kappa shape index (κ1) is 14.3. The molecule has 1 fully saturated rings. The predicted octanol–water partition coefficient (Wildman–Crippen LogP) is 2.17. The first-order chi connectivity index (χ1) is 9.69. The smallest absolute Gasteiger partial charge is 0.257 e. The van der Waals surface area contributed by atoms with Crippen LogP contribution in [-0.2, 0) is 0 Å². The van der Waals surface area contributed by atoms with E-state index in [4.69, 9.17) is 5.26 Å². The number of rotatable bonds is 6. The van der Waals surface area contributed by atoms with Gasteiger partial charge in [0, 0.05) is 25.3 Å². The summed E-state index contributed by atoms with van der Waals surface area (Å²) in [6.45, 7) is 2.71. The van der Waals surface area contributed by atoms with Crippen molar-refractivity contribution in [1.29, 1.82) is 5.26 Å². The third-order valence-corrected chi connectivity index (χ3v) is 3.18. The highest BCUT2D eigenvalue weighted by Gasteiger charge is 2.34. The number of hydrogen-bond acceptors (Lipinski definition) is 4. The second-order valence-corrected chi connectivity index (χ2v) is 4.69. The summed E-state index contributed by atoms with van der Waals surface area (Å²) < 4.78 is 14.2. The largest absolute Gasteiger partial charge is 0.368 e. The Morgan fingerprint density at radius 1 is 1.65 bits per heavy atom. The summed E-state index contributed by atoms with van der Waals surface area (Å²) in [6.07, 6.45) is 3.52. The van der Waals surface area contributed by atoms with Crippen molar-refractivity contribution in [3.8, 4) is 6.07 Å². The molecule has 0 bridgehead atoms. The average molecular weight is 276 g/mol. The van der Waals surface area contributed by atoms with E-state index in [1.165, 1.54) is 12.3 Å². The van der Waals surface area contributed by atoms with E-state index < -0.39 is 5.82 Å². The Morgan fingerprint density at radius 3 is 3.00 bits per heavy atom. The van der Waals surface area contributed by atoms with Crippen LogP contribution in [-0.4, -0.2) is 34.9 Å². The van der Waals surface area contributed by atoms with Crippen LogP contribution in [0.15, 0.2) is 12.3 Å². The van der Waals surface area contributed by atoms with E-state index in [-0.39, 0.29) is 29.8 Å². The average Bonchev–Trinajstić information content (AvgIpc) is 3.26. The van der Waals surface area contributed by atoms with Crippen LogP contribution in [0.2, 0.25) is 0 Å². The van der Waals surface area contributed by atoms with Crippen molar-refractivity contribution in [2.75, 3.05) is 18.4 Å². The van der Waals surface area contributed by atoms with Crippen LogP contribution in [0.4, 0.5) is 10.2 Å². The van der Waals surface area contributed by atoms with Gasteiger partial charge in [0.1, 0.15) is 0 Å². The van der Waals surface area contributed by atoms with E-state index >= 15 is 0 Å². The van der Waals surface area contributed by atoms with Gasteiger partial charge in [0.15, 0.2) is 11.6 Å². The van der Waals surface area contributed by atoms with Crippen molar-refractivity contribution < 1.29 is 9.18 Å². The van der Waals surface area contributed by atoms with Gasteiger partial charge < -0.3 is 10.2 Å². The van der Waals surface area contributed by atoms with Gasteiger partial charge >= 0.3 is 0 Å². The molecular weight excluding hydrogens is 259 g/mol. The maximum absolute atomic E-state index is 14.2. The molecule has 1 aliphatic carbocycles. The number of hydrogen-bond donors (Lipinski definition) is 1. The second kappa shape index (κ2) is 6.33. The van der Waals surface area contributed by atoms with Crippen molar-refractivity contribution in [3.63, 3.8) is 0 Å². The number of carbonyl (C=O) groups excluding carboxylic acids is 1. The molecule has 20 heavy (non-hydrogen) atoms. The molecule has 1 amide bonds. The SMILES string of the molecule is CCNc1nccc(C(=O)N(CCC#N)C2CC2)c1F. The Balaban J connectivity index is 2.22. The van der Waals surface area contributed by atoms with E-state index in [9.17, 15) is 9.18 Å². The minimum Gasteiger partial charge on any atom is -0.368 e. The van der Waals surface area contributed by atoms with Gasteiger partial charge in [-0.3, -0.25) is 4.79 Å². The predicted molar refractivity (Wildman–Crippen MR) is 72.6 cm³/mol. The van der Waals surface area contributed by atoms with Crippen molar-refractivity contribution in [1.82, 2.24) is 9.88 Å². The van der Waals surface area contributed by atoms with Crippen molar-refractivity contribution in [3.05, 3.63) is 23.6 Å². The lowest BCUT2D eigenvalue weighted by Gasteiger charge is -2.21. The summed E-state index contributed by atoms with van der Waals surface area (Å²) in [5, 5.41) is 11.4. The number of aromatic nitrogens is 1. The van der Waals surface area contributed by atoms with E-state index in [0.29, 0.717) is 13.1 Å². The number of nitriles is 1. The third kappa shape index (κ3) is 3.05. The van der Waals surface area contributed by atoms with Gasteiger partial charge in [-0.2, -0.15) is 5.26 Å². The maximum Gasteiger partial charge on any atom is 0.257 e. The Kier molecular flexibility index (Phi) is 4.51. The summed E-state index contributed by atoms with van der Waals surface area (Å²) in [7, 11) is 0. The van der Waals surface area contributed by atoms with Crippen LogP contribution < -0.4 is 5.32 Å². The second-order valence-electron chi connectivity index (χ2n) is 4.69. The highest BCUT2D eigenvalue weighted by atomic mass is 19.1. The molecule has 5 nitrogen and oxygen atoms in total. The molecule has 0 aromatic carbocycles. The zero-order chi connectivity index (χ0) is 14.5. The first-order valence-electron chi connectivity index (χ1n) is 6.75. The maximum atomic E-state index is 14.2. The molecular formula is C14H17FN4O. The fourth-order valence-corrected chi connectivity index (χ4v) is 2.06. The Labute approximate surface area is 117 Å². The van der Waals surface area contributed by atoms with Crippen LogP contribution in [0, 0.1) is 17.1 Å². The van der Waals surface area contributed by atoms with Crippen molar-refractivity contribution >= 4 is 11.7 Å². The van der Waals surface area contributed by atoms with Gasteiger partial charge in [-0.1, -0.05) is 0 Å². The molecule has 1 saturated carbocycles. The monoisotopic (exact) mass is 276 g/mol. The fourth-order valence-electron chi connectivity index (χ4n) is 2.06. The molecule has 2 rings (SSSR count). The van der Waals surface area contributed by atoms with E-state index in [2.05, 4.69) is 10.3 Å². The van der Waals surface area contributed by atoms with Crippen LogP contribution in [0.3, 0.4) is 0 Å². The van der Waals surface area contributed by atoms with Gasteiger partial charge in [-0.25, -0.2) is 9.37 Å². The molecule has 0 spiro atoms. The molecule has 0 radical (unpaired) electrons. The number of anilines is 1. The van der Waals surface area contributed by atoms with E-state index in [1.807, 2.05) is 13.0 Å². The third-order valence-electron chi connectivity index (χ3n) is 3.18. The van der Waals surface area contributed by atoms with Gasteiger partial charge in [0.05, 0.1) is 18.1 Å². The van der Waals surface area contributed by atoms with Gasteiger partial charge in [-0.15, -0.1) is 0 Å². The Bertz CT molecular complexity index is 536. The highest BCUT2D eigenvalue weighted by molar-refractivity contribution is 5.95. The molecule has 1 heterocycles. The zero-order valence-electron chi connectivity index (χ0n) is 11.4. The standard InChI is InChI=1S/C14H17FN4O/c1-2-17-13-12(15)11(6-8-18-13)14(20)19(9-3-7-16)10-4-5-10/h6,8,10H,2-5,9H2,1H3,(H,17,18).